The number of ether oxygens (including phenoxy) is 1. The summed E-state index contributed by atoms with van der Waals surface area (Å²) in [4.78, 5) is 26.0. The van der Waals surface area contributed by atoms with E-state index in [1.807, 2.05) is 20.8 Å². The van der Waals surface area contributed by atoms with Gasteiger partial charge in [-0.3, -0.25) is 9.59 Å². The van der Waals surface area contributed by atoms with Crippen LogP contribution < -0.4 is 15.4 Å². The van der Waals surface area contributed by atoms with Crippen molar-refractivity contribution in [2.24, 2.45) is 0 Å². The first-order valence-electron chi connectivity index (χ1n) is 7.58. The molecule has 6 nitrogen and oxygen atoms in total. The highest BCUT2D eigenvalue weighted by Gasteiger charge is 2.16. The molecule has 2 amide bonds. The van der Waals surface area contributed by atoms with Crippen molar-refractivity contribution < 1.29 is 14.3 Å². The summed E-state index contributed by atoms with van der Waals surface area (Å²) in [7, 11) is 1.47. The Bertz CT molecular complexity index is 560. The number of benzene rings is 1. The summed E-state index contributed by atoms with van der Waals surface area (Å²) >= 11 is 6.01. The summed E-state index contributed by atoms with van der Waals surface area (Å²) in [5.74, 6) is -0.999. The molecule has 0 spiro atoms. The number of carbonyl (C=O) groups excluding carboxylic acids is 2. The summed E-state index contributed by atoms with van der Waals surface area (Å²) in [5, 5.41) is 5.68. The minimum atomic E-state index is -0.732. The van der Waals surface area contributed by atoms with Crippen molar-refractivity contribution >= 4 is 29.1 Å². The van der Waals surface area contributed by atoms with Crippen LogP contribution in [0.15, 0.2) is 12.1 Å². The molecule has 0 bridgehead atoms. The Morgan fingerprint density at radius 3 is 2.43 bits per heavy atom. The first-order valence-corrected chi connectivity index (χ1v) is 7.96. The number of likely N-dealkylation sites (N-methyl/N-ethyl adjacent to an activating group) is 1. The maximum absolute atomic E-state index is 12.0. The molecule has 0 aliphatic heterocycles. The minimum Gasteiger partial charge on any atom is -0.495 e. The first kappa shape index (κ1) is 19.3. The van der Waals surface area contributed by atoms with Crippen molar-refractivity contribution in [3.63, 3.8) is 0 Å². The lowest BCUT2D eigenvalue weighted by molar-refractivity contribution is -0.136. The molecule has 23 heavy (non-hydrogen) atoms. The van der Waals surface area contributed by atoms with E-state index in [4.69, 9.17) is 16.3 Å². The van der Waals surface area contributed by atoms with Crippen molar-refractivity contribution in [3.8, 4) is 5.75 Å². The predicted octanol–water partition coefficient (Wildman–Crippen LogP) is 2.05. The zero-order valence-corrected chi connectivity index (χ0v) is 14.8. The van der Waals surface area contributed by atoms with E-state index in [0.717, 1.165) is 18.7 Å². The van der Waals surface area contributed by atoms with Crippen LogP contribution in [0.3, 0.4) is 0 Å². The molecular weight excluding hydrogens is 318 g/mol. The Labute approximate surface area is 142 Å². The van der Waals surface area contributed by atoms with Crippen molar-refractivity contribution in [2.45, 2.75) is 20.8 Å². The van der Waals surface area contributed by atoms with E-state index < -0.39 is 11.8 Å². The molecule has 0 saturated heterocycles. The Morgan fingerprint density at radius 2 is 1.87 bits per heavy atom. The van der Waals surface area contributed by atoms with Crippen molar-refractivity contribution in [2.75, 3.05) is 38.6 Å². The average molecular weight is 342 g/mol. The lowest BCUT2D eigenvalue weighted by Crippen LogP contribution is -2.40. The highest BCUT2D eigenvalue weighted by atomic mass is 35.5. The molecule has 0 aliphatic carbocycles. The number of hydrogen-bond donors (Lipinski definition) is 2. The van der Waals surface area contributed by atoms with Crippen LogP contribution in [-0.4, -0.2) is 50.0 Å². The van der Waals surface area contributed by atoms with Crippen molar-refractivity contribution in [3.05, 3.63) is 22.7 Å². The smallest absolute Gasteiger partial charge is 0.313 e. The molecule has 0 unspecified atom stereocenters. The minimum absolute atomic E-state index is 0.407. The van der Waals surface area contributed by atoms with Gasteiger partial charge < -0.3 is 20.3 Å². The van der Waals surface area contributed by atoms with E-state index in [1.165, 1.54) is 7.11 Å². The van der Waals surface area contributed by atoms with Gasteiger partial charge in [-0.15, -0.1) is 0 Å². The van der Waals surface area contributed by atoms with Crippen LogP contribution in [0.2, 0.25) is 5.02 Å². The molecule has 128 valence electrons. The number of nitrogens with zero attached hydrogens (tertiary/aromatic N) is 1. The summed E-state index contributed by atoms with van der Waals surface area (Å²) in [5.41, 5.74) is 1.20. The van der Waals surface area contributed by atoms with Crippen LogP contribution in [0.25, 0.3) is 0 Å². The standard InChI is InChI=1S/C16H24ClN3O3/c1-5-20(6-2)8-7-18-15(21)16(22)19-13-9-11(3)12(17)10-14(13)23-4/h9-10H,5-8H2,1-4H3,(H,18,21)(H,19,22). The van der Waals surface area contributed by atoms with Gasteiger partial charge in [-0.2, -0.15) is 0 Å². The summed E-state index contributed by atoms with van der Waals surface area (Å²) in [6.07, 6.45) is 0. The Kier molecular flexibility index (Phi) is 7.85. The number of rotatable bonds is 7. The molecule has 1 rings (SSSR count). The van der Waals surface area contributed by atoms with E-state index in [-0.39, 0.29) is 0 Å². The fraction of sp³-hybridized carbons (Fsp3) is 0.500. The van der Waals surface area contributed by atoms with Gasteiger partial charge in [0, 0.05) is 24.2 Å². The second-order valence-corrected chi connectivity index (χ2v) is 5.45. The highest BCUT2D eigenvalue weighted by molar-refractivity contribution is 6.40. The van der Waals surface area contributed by atoms with Gasteiger partial charge in [0.25, 0.3) is 0 Å². The van der Waals surface area contributed by atoms with E-state index in [0.29, 0.717) is 29.5 Å². The van der Waals surface area contributed by atoms with Crippen molar-refractivity contribution in [1.29, 1.82) is 0 Å². The summed E-state index contributed by atoms with van der Waals surface area (Å²) in [6, 6.07) is 3.27. The normalized spacial score (nSPS) is 10.5. The number of anilines is 1. The van der Waals surface area contributed by atoms with E-state index in [1.54, 1.807) is 12.1 Å². The van der Waals surface area contributed by atoms with Crippen LogP contribution >= 0.6 is 11.6 Å². The molecule has 7 heteroatoms. The summed E-state index contributed by atoms with van der Waals surface area (Å²) in [6.45, 7) is 8.83. The van der Waals surface area contributed by atoms with E-state index in [2.05, 4.69) is 15.5 Å². The molecule has 0 aromatic heterocycles. The first-order chi connectivity index (χ1) is 10.9. The number of hydrogen-bond acceptors (Lipinski definition) is 4. The van der Waals surface area contributed by atoms with E-state index in [9.17, 15) is 9.59 Å². The zero-order chi connectivity index (χ0) is 17.4. The quantitative estimate of drug-likeness (QED) is 0.745. The van der Waals surface area contributed by atoms with Crippen molar-refractivity contribution in [1.82, 2.24) is 10.2 Å². The largest absolute Gasteiger partial charge is 0.495 e. The van der Waals surface area contributed by atoms with Gasteiger partial charge in [0.15, 0.2) is 0 Å². The van der Waals surface area contributed by atoms with Gasteiger partial charge in [0.05, 0.1) is 12.8 Å². The highest BCUT2D eigenvalue weighted by Crippen LogP contribution is 2.30. The second kappa shape index (κ2) is 9.37. The SMILES string of the molecule is CCN(CC)CCNC(=O)C(=O)Nc1cc(C)c(Cl)cc1OC. The average Bonchev–Trinajstić information content (AvgIpc) is 2.54. The maximum atomic E-state index is 12.0. The number of halogens is 1. The zero-order valence-electron chi connectivity index (χ0n) is 14.0. The van der Waals surface area contributed by atoms with Gasteiger partial charge >= 0.3 is 11.8 Å². The number of methoxy groups -OCH3 is 1. The lowest BCUT2D eigenvalue weighted by atomic mass is 10.2. The summed E-state index contributed by atoms with van der Waals surface area (Å²) < 4.78 is 5.17. The van der Waals surface area contributed by atoms with Gasteiger partial charge in [0.2, 0.25) is 0 Å². The van der Waals surface area contributed by atoms with Crippen LogP contribution in [0.5, 0.6) is 5.75 Å². The third-order valence-electron chi connectivity index (χ3n) is 3.54. The molecular formula is C16H24ClN3O3. The third kappa shape index (κ3) is 5.73. The molecule has 0 atom stereocenters. The Balaban J connectivity index is 2.62. The van der Waals surface area contributed by atoms with Gasteiger partial charge in [-0.25, -0.2) is 0 Å². The molecule has 2 N–H and O–H groups in total. The second-order valence-electron chi connectivity index (χ2n) is 5.04. The predicted molar refractivity (Wildman–Crippen MR) is 92.2 cm³/mol. The van der Waals surface area contributed by atoms with Gasteiger partial charge in [0.1, 0.15) is 5.75 Å². The van der Waals surface area contributed by atoms with Gasteiger partial charge in [-0.05, 0) is 31.6 Å². The Hall–Kier alpha value is -1.79. The van der Waals surface area contributed by atoms with Crippen LogP contribution in [0, 0.1) is 6.92 Å². The van der Waals surface area contributed by atoms with Crippen LogP contribution in [-0.2, 0) is 9.59 Å². The third-order valence-corrected chi connectivity index (χ3v) is 3.95. The topological polar surface area (TPSA) is 70.7 Å². The van der Waals surface area contributed by atoms with Crippen LogP contribution in [0.4, 0.5) is 5.69 Å². The lowest BCUT2D eigenvalue weighted by Gasteiger charge is -2.18. The Morgan fingerprint density at radius 1 is 1.22 bits per heavy atom. The molecule has 0 saturated carbocycles. The monoisotopic (exact) mass is 341 g/mol. The fourth-order valence-electron chi connectivity index (χ4n) is 2.06. The molecule has 1 aromatic carbocycles. The fourth-order valence-corrected chi connectivity index (χ4v) is 2.21. The number of nitrogens with one attached hydrogen (secondary N) is 2. The number of carbonyl (C=O) groups is 2. The van der Waals surface area contributed by atoms with E-state index >= 15 is 0 Å². The number of amides is 2. The molecule has 1 aromatic rings. The molecule has 0 radical (unpaired) electrons. The molecule has 0 heterocycles. The number of aryl methyl sites for hydroxylation is 1. The molecule has 0 aliphatic rings. The van der Waals surface area contributed by atoms with Crippen LogP contribution in [0.1, 0.15) is 19.4 Å². The van der Waals surface area contributed by atoms with Gasteiger partial charge in [-0.1, -0.05) is 25.4 Å². The maximum Gasteiger partial charge on any atom is 0.313 e. The molecule has 0 fully saturated rings.